The van der Waals surface area contributed by atoms with Crippen LogP contribution in [0.5, 0.6) is 0 Å². The quantitative estimate of drug-likeness (QED) is 0.434. The number of allylic oxidation sites excluding steroid dienone is 1. The Labute approximate surface area is 193 Å². The average Bonchev–Trinajstić information content (AvgIpc) is 3.43. The first-order valence-electron chi connectivity index (χ1n) is 10.3. The first-order valence-corrected chi connectivity index (χ1v) is 13.0. The lowest BCUT2D eigenvalue weighted by molar-refractivity contribution is -0.642. The smallest absolute Gasteiger partial charge is 0.269 e. The van der Waals surface area contributed by atoms with Gasteiger partial charge in [-0.25, -0.2) is 0 Å². The normalized spacial score (nSPS) is 17.1. The summed E-state index contributed by atoms with van der Waals surface area (Å²) in [4.78, 5) is 15.2. The van der Waals surface area contributed by atoms with Crippen LogP contribution in [0.15, 0.2) is 52.3 Å². The molecule has 4 aromatic rings. The highest BCUT2D eigenvalue weighted by Crippen LogP contribution is 2.29. The molecule has 1 aliphatic rings. The van der Waals surface area contributed by atoms with Crippen molar-refractivity contribution in [2.75, 3.05) is 19.3 Å². The Morgan fingerprint density at radius 1 is 1.13 bits per heavy atom. The predicted molar refractivity (Wildman–Crippen MR) is 135 cm³/mol. The van der Waals surface area contributed by atoms with E-state index in [0.717, 1.165) is 26.5 Å². The summed E-state index contributed by atoms with van der Waals surface area (Å²) in [5.41, 5.74) is 1.31. The number of fused-ring (bicyclic) bond motifs is 3. The summed E-state index contributed by atoms with van der Waals surface area (Å²) in [5, 5.41) is 4.90. The largest absolute Gasteiger partial charge is 0.369 e. The molecular weight excluding hydrogens is 442 g/mol. The van der Waals surface area contributed by atoms with E-state index in [4.69, 9.17) is 0 Å². The molecule has 0 bridgehead atoms. The second kappa shape index (κ2) is 8.30. The first-order chi connectivity index (χ1) is 15.1. The van der Waals surface area contributed by atoms with Crippen LogP contribution in [-0.4, -0.2) is 28.8 Å². The van der Waals surface area contributed by atoms with Crippen LogP contribution in [0.2, 0.25) is 0 Å². The van der Waals surface area contributed by atoms with Gasteiger partial charge in [-0.05, 0) is 30.5 Å². The fraction of sp³-hybridized carbons (Fsp3) is 0.250. The van der Waals surface area contributed by atoms with Crippen LogP contribution >= 0.6 is 34.4 Å². The van der Waals surface area contributed by atoms with Crippen molar-refractivity contribution in [1.82, 2.24) is 9.47 Å². The molecule has 0 spiro atoms. The molecule has 31 heavy (non-hydrogen) atoms. The minimum Gasteiger partial charge on any atom is -0.369 e. The molecule has 2 aromatic carbocycles. The lowest BCUT2D eigenvalue weighted by Crippen LogP contribution is -2.32. The molecule has 0 aliphatic carbocycles. The van der Waals surface area contributed by atoms with E-state index in [9.17, 15) is 4.79 Å². The van der Waals surface area contributed by atoms with Gasteiger partial charge in [0.15, 0.2) is 0 Å². The lowest BCUT2D eigenvalue weighted by Gasteiger charge is -2.09. The van der Waals surface area contributed by atoms with Crippen molar-refractivity contribution in [3.05, 3.63) is 72.1 Å². The van der Waals surface area contributed by atoms with Crippen molar-refractivity contribution in [2.45, 2.75) is 13.5 Å². The fourth-order valence-corrected chi connectivity index (χ4v) is 7.31. The summed E-state index contributed by atoms with van der Waals surface area (Å²) >= 11 is 5.20. The molecule has 0 amide bonds. The Bertz CT molecular complexity index is 1510. The number of benzene rings is 2. The Balaban J connectivity index is 1.67. The fourth-order valence-electron chi connectivity index (χ4n) is 3.91. The molecule has 0 N–H and O–H groups in total. The van der Waals surface area contributed by atoms with Crippen molar-refractivity contribution in [1.29, 1.82) is 0 Å². The van der Waals surface area contributed by atoms with Gasteiger partial charge in [-0.15, -0.1) is 23.1 Å². The molecular formula is C24H24N3OS3+. The maximum absolute atomic E-state index is 13.0. The molecule has 1 fully saturated rings. The third-order valence-electron chi connectivity index (χ3n) is 5.69. The predicted octanol–water partition coefficient (Wildman–Crippen LogP) is 3.25. The van der Waals surface area contributed by atoms with Crippen LogP contribution in [0.3, 0.4) is 0 Å². The average molecular weight is 467 g/mol. The van der Waals surface area contributed by atoms with E-state index in [0.29, 0.717) is 6.54 Å². The Kier molecular flexibility index (Phi) is 5.50. The summed E-state index contributed by atoms with van der Waals surface area (Å²) in [7, 11) is 4.20. The summed E-state index contributed by atoms with van der Waals surface area (Å²) in [6.45, 7) is 3.76. The van der Waals surface area contributed by atoms with Gasteiger partial charge < -0.3 is 4.90 Å². The number of nitrogens with zero attached hydrogens (tertiary/aromatic N) is 3. The molecule has 3 heterocycles. The van der Waals surface area contributed by atoms with Crippen LogP contribution < -0.4 is 19.3 Å². The maximum Gasteiger partial charge on any atom is 0.269 e. The molecule has 2 aromatic heterocycles. The van der Waals surface area contributed by atoms with Gasteiger partial charge in [-0.3, -0.25) is 9.36 Å². The number of hydrogen-bond acceptors (Lipinski definition) is 5. The monoisotopic (exact) mass is 466 g/mol. The second-order valence-electron chi connectivity index (χ2n) is 7.57. The van der Waals surface area contributed by atoms with Gasteiger partial charge in [0.05, 0.1) is 15.6 Å². The van der Waals surface area contributed by atoms with Crippen molar-refractivity contribution in [3.8, 4) is 0 Å². The van der Waals surface area contributed by atoms with E-state index in [1.165, 1.54) is 26.0 Å². The third kappa shape index (κ3) is 3.64. The zero-order valence-corrected chi connectivity index (χ0v) is 20.2. The molecule has 1 saturated heterocycles. The van der Waals surface area contributed by atoms with Gasteiger partial charge in [0.25, 0.3) is 10.6 Å². The van der Waals surface area contributed by atoms with Crippen LogP contribution in [-0.2, 0) is 13.6 Å². The maximum atomic E-state index is 13.0. The molecule has 1 aliphatic heterocycles. The van der Waals surface area contributed by atoms with Crippen LogP contribution in [0.25, 0.3) is 33.1 Å². The number of rotatable bonds is 3. The van der Waals surface area contributed by atoms with Crippen LogP contribution in [0.4, 0.5) is 0 Å². The highest BCUT2D eigenvalue weighted by atomic mass is 32.2. The van der Waals surface area contributed by atoms with Gasteiger partial charge in [-0.1, -0.05) is 35.6 Å². The van der Waals surface area contributed by atoms with E-state index in [1.807, 2.05) is 29.3 Å². The SMILES string of the molecule is CCn1c(=O)/c(=C/C=C2\SCCN2C)s/c1=C\c1sc2c3ccccc3ccc2[n+]1C. The summed E-state index contributed by atoms with van der Waals surface area (Å²) < 4.78 is 7.17. The molecule has 7 heteroatoms. The first kappa shape index (κ1) is 20.5. The lowest BCUT2D eigenvalue weighted by atomic mass is 10.1. The minimum absolute atomic E-state index is 0.0930. The van der Waals surface area contributed by atoms with E-state index >= 15 is 0 Å². The zero-order chi connectivity index (χ0) is 21.5. The van der Waals surface area contributed by atoms with Crippen molar-refractivity contribution in [2.24, 2.45) is 7.05 Å². The highest BCUT2D eigenvalue weighted by molar-refractivity contribution is 8.03. The Hall–Kier alpha value is -2.35. The van der Waals surface area contributed by atoms with Gasteiger partial charge in [0, 0.05) is 37.3 Å². The summed E-state index contributed by atoms with van der Waals surface area (Å²) in [6, 6.07) is 12.9. The van der Waals surface area contributed by atoms with Gasteiger partial charge in [0.1, 0.15) is 16.4 Å². The zero-order valence-electron chi connectivity index (χ0n) is 17.8. The van der Waals surface area contributed by atoms with Gasteiger partial charge in [0.2, 0.25) is 5.52 Å². The van der Waals surface area contributed by atoms with Crippen molar-refractivity contribution in [3.63, 3.8) is 0 Å². The standard InChI is InChI=1S/C24H24N3OS3/c1-4-27-22(30-19(24(27)28)11-12-20-25(2)13-14-29-20)15-21-26(3)18-10-9-16-7-5-6-8-17(16)23(18)31-21/h5-12,15H,4,13-14H2,1-3H3/q+1/b19-11-,20-12-. The number of thiazole rings is 2. The minimum atomic E-state index is 0.0930. The molecule has 0 saturated carbocycles. The van der Waals surface area contributed by atoms with E-state index < -0.39 is 0 Å². The molecule has 0 unspecified atom stereocenters. The highest BCUT2D eigenvalue weighted by Gasteiger charge is 2.18. The number of thioether (sulfide) groups is 1. The topological polar surface area (TPSA) is 29.1 Å². The number of hydrogen-bond donors (Lipinski definition) is 0. The number of aromatic nitrogens is 2. The van der Waals surface area contributed by atoms with Crippen LogP contribution in [0.1, 0.15) is 11.9 Å². The van der Waals surface area contributed by atoms with Crippen molar-refractivity contribution < 1.29 is 4.57 Å². The molecule has 5 rings (SSSR count). The molecule has 4 nitrogen and oxygen atoms in total. The second-order valence-corrected chi connectivity index (χ2v) is 10.8. The van der Waals surface area contributed by atoms with E-state index in [1.54, 1.807) is 22.7 Å². The van der Waals surface area contributed by atoms with Crippen LogP contribution in [0, 0.1) is 0 Å². The Morgan fingerprint density at radius 2 is 1.97 bits per heavy atom. The third-order valence-corrected chi connectivity index (χ3v) is 9.13. The number of aryl methyl sites for hydroxylation is 1. The summed E-state index contributed by atoms with van der Waals surface area (Å²) in [5.74, 6) is 1.11. The van der Waals surface area contributed by atoms with E-state index in [2.05, 4.69) is 72.1 Å². The van der Waals surface area contributed by atoms with Crippen molar-refractivity contribution >= 4 is 67.6 Å². The molecule has 158 valence electrons. The Morgan fingerprint density at radius 3 is 2.74 bits per heavy atom. The molecule has 0 radical (unpaired) electrons. The van der Waals surface area contributed by atoms with Gasteiger partial charge in [-0.2, -0.15) is 4.57 Å². The molecule has 0 atom stereocenters. The summed E-state index contributed by atoms with van der Waals surface area (Å²) in [6.07, 6.45) is 6.23. The van der Waals surface area contributed by atoms with E-state index in [-0.39, 0.29) is 5.56 Å². The van der Waals surface area contributed by atoms with Gasteiger partial charge >= 0.3 is 0 Å².